The van der Waals surface area contributed by atoms with Gasteiger partial charge >= 0.3 is 0 Å². The average Bonchev–Trinajstić information content (AvgIpc) is 4.00. The van der Waals surface area contributed by atoms with Crippen molar-refractivity contribution < 1.29 is 0 Å². The Labute approximate surface area is 322 Å². The SMILES string of the molecule is c1ccc(-c2cc(-c3ccccc3)cc(-c3ccc4c(-c5ccc(-c6cscn6)cc5)c5ccccc5c(-c5ccc(-c6cscn6)cc5)c4c3)c2)cc1. The largest absolute Gasteiger partial charge is 0.245 e. The van der Waals surface area contributed by atoms with Gasteiger partial charge in [0.25, 0.3) is 0 Å². The molecule has 0 amide bonds. The Morgan fingerprint density at radius 3 is 1.13 bits per heavy atom. The summed E-state index contributed by atoms with van der Waals surface area (Å²) in [5, 5.41) is 9.11. The van der Waals surface area contributed by atoms with Gasteiger partial charge in [-0.25, -0.2) is 9.97 Å². The van der Waals surface area contributed by atoms with Crippen LogP contribution in [0, 0.1) is 0 Å². The minimum atomic E-state index is 1.01. The minimum absolute atomic E-state index is 1.01. The molecule has 0 N–H and O–H groups in total. The van der Waals surface area contributed by atoms with E-state index in [2.05, 4.69) is 191 Å². The van der Waals surface area contributed by atoms with Gasteiger partial charge in [0, 0.05) is 21.9 Å². The molecule has 2 aromatic heterocycles. The molecule has 2 nitrogen and oxygen atoms in total. The Bertz CT molecular complexity index is 2820. The van der Waals surface area contributed by atoms with Crippen molar-refractivity contribution in [2.45, 2.75) is 0 Å². The number of hydrogen-bond donors (Lipinski definition) is 0. The molecule has 10 aromatic rings. The van der Waals surface area contributed by atoms with E-state index >= 15 is 0 Å². The van der Waals surface area contributed by atoms with E-state index in [1.807, 2.05) is 11.0 Å². The van der Waals surface area contributed by atoms with Crippen LogP contribution in [0.3, 0.4) is 0 Å². The summed E-state index contributed by atoms with van der Waals surface area (Å²) in [6.45, 7) is 0. The van der Waals surface area contributed by atoms with Gasteiger partial charge in [0.2, 0.25) is 0 Å². The Morgan fingerprint density at radius 1 is 0.278 bits per heavy atom. The van der Waals surface area contributed by atoms with E-state index < -0.39 is 0 Å². The van der Waals surface area contributed by atoms with Crippen LogP contribution in [0.4, 0.5) is 0 Å². The summed E-state index contributed by atoms with van der Waals surface area (Å²) >= 11 is 3.25. The van der Waals surface area contributed by atoms with Crippen molar-refractivity contribution in [1.82, 2.24) is 9.97 Å². The van der Waals surface area contributed by atoms with E-state index in [0.717, 1.165) is 22.5 Å². The molecule has 0 aliphatic carbocycles. The molecule has 0 aliphatic heterocycles. The fourth-order valence-corrected chi connectivity index (χ4v) is 8.82. The molecule has 0 radical (unpaired) electrons. The number of thiazole rings is 2. The second-order valence-electron chi connectivity index (χ2n) is 13.5. The lowest BCUT2D eigenvalue weighted by molar-refractivity contribution is 1.41. The van der Waals surface area contributed by atoms with Gasteiger partial charge in [-0.1, -0.05) is 146 Å². The third kappa shape index (κ3) is 5.92. The van der Waals surface area contributed by atoms with E-state index in [1.54, 1.807) is 22.7 Å². The van der Waals surface area contributed by atoms with E-state index in [9.17, 15) is 0 Å². The topological polar surface area (TPSA) is 25.8 Å². The number of nitrogens with zero attached hydrogens (tertiary/aromatic N) is 2. The van der Waals surface area contributed by atoms with Crippen LogP contribution in [0.5, 0.6) is 0 Å². The highest BCUT2D eigenvalue weighted by atomic mass is 32.1. The lowest BCUT2D eigenvalue weighted by Gasteiger charge is -2.19. The first-order chi connectivity index (χ1) is 26.8. The van der Waals surface area contributed by atoms with Gasteiger partial charge in [0.15, 0.2) is 0 Å². The summed E-state index contributed by atoms with van der Waals surface area (Å²) in [5.74, 6) is 0. The quantitative estimate of drug-likeness (QED) is 0.153. The molecule has 54 heavy (non-hydrogen) atoms. The molecule has 10 rings (SSSR count). The summed E-state index contributed by atoms with van der Waals surface area (Å²) in [5.41, 5.74) is 20.1. The highest BCUT2D eigenvalue weighted by Crippen LogP contribution is 2.46. The molecular formula is C50H32N2S2. The summed E-state index contributed by atoms with van der Waals surface area (Å²) in [6, 6.07) is 62.1. The number of benzene rings is 8. The van der Waals surface area contributed by atoms with Crippen LogP contribution in [0.25, 0.3) is 99.7 Å². The van der Waals surface area contributed by atoms with Crippen molar-refractivity contribution in [2.75, 3.05) is 0 Å². The molecule has 4 heteroatoms. The second kappa shape index (κ2) is 13.8. The van der Waals surface area contributed by atoms with Gasteiger partial charge in [-0.2, -0.15) is 0 Å². The zero-order valence-corrected chi connectivity index (χ0v) is 30.8. The van der Waals surface area contributed by atoms with Crippen LogP contribution in [0.2, 0.25) is 0 Å². The smallest absolute Gasteiger partial charge is 0.0811 e. The number of aromatic nitrogens is 2. The monoisotopic (exact) mass is 724 g/mol. The number of fused-ring (bicyclic) bond motifs is 2. The van der Waals surface area contributed by atoms with Crippen molar-refractivity contribution in [3.63, 3.8) is 0 Å². The highest BCUT2D eigenvalue weighted by molar-refractivity contribution is 7.08. The standard InChI is InChI=1S/C50H32N2S2/c1-3-9-33(10-4-1)40-25-41(34-11-5-2-6-12-34)27-42(26-40)39-23-24-45-46(28-39)50(38-21-17-36(18-22-38)48-30-54-32-52-48)44-14-8-7-13-43(44)49(45)37-19-15-35(16-20-37)47-29-53-31-51-47/h1-32H. The lowest BCUT2D eigenvalue weighted by Crippen LogP contribution is -1.92. The second-order valence-corrected chi connectivity index (χ2v) is 14.9. The third-order valence-corrected chi connectivity index (χ3v) is 11.5. The average molecular weight is 725 g/mol. The van der Waals surface area contributed by atoms with Gasteiger partial charge in [-0.3, -0.25) is 0 Å². The first kappa shape index (κ1) is 32.2. The van der Waals surface area contributed by atoms with Gasteiger partial charge in [0.05, 0.1) is 22.4 Å². The highest BCUT2D eigenvalue weighted by Gasteiger charge is 2.19. The van der Waals surface area contributed by atoms with Gasteiger partial charge in [-0.05, 0) is 101 Å². The summed E-state index contributed by atoms with van der Waals surface area (Å²) in [4.78, 5) is 9.14. The molecule has 0 unspecified atom stereocenters. The molecule has 0 saturated heterocycles. The van der Waals surface area contributed by atoms with E-state index in [-0.39, 0.29) is 0 Å². The van der Waals surface area contributed by atoms with Gasteiger partial charge in [0.1, 0.15) is 0 Å². The maximum absolute atomic E-state index is 4.57. The van der Waals surface area contributed by atoms with E-state index in [4.69, 9.17) is 0 Å². The molecule has 0 fully saturated rings. The molecule has 2 heterocycles. The van der Waals surface area contributed by atoms with Crippen molar-refractivity contribution in [1.29, 1.82) is 0 Å². The lowest BCUT2D eigenvalue weighted by atomic mass is 9.84. The maximum Gasteiger partial charge on any atom is 0.0811 e. The summed E-state index contributed by atoms with van der Waals surface area (Å²) < 4.78 is 0. The van der Waals surface area contributed by atoms with Crippen LogP contribution in [0.15, 0.2) is 192 Å². The van der Waals surface area contributed by atoms with Crippen LogP contribution in [0.1, 0.15) is 0 Å². The maximum atomic E-state index is 4.57. The Kier molecular flexibility index (Phi) is 8.25. The summed E-state index contributed by atoms with van der Waals surface area (Å²) in [7, 11) is 0. The predicted molar refractivity (Wildman–Crippen MR) is 231 cm³/mol. The molecular weight excluding hydrogens is 693 g/mol. The van der Waals surface area contributed by atoms with Crippen molar-refractivity contribution in [2.24, 2.45) is 0 Å². The molecule has 8 aromatic carbocycles. The summed E-state index contributed by atoms with van der Waals surface area (Å²) in [6.07, 6.45) is 0. The minimum Gasteiger partial charge on any atom is -0.245 e. The first-order valence-electron chi connectivity index (χ1n) is 18.0. The number of hydrogen-bond acceptors (Lipinski definition) is 4. The molecule has 254 valence electrons. The zero-order valence-electron chi connectivity index (χ0n) is 29.2. The molecule has 0 spiro atoms. The Balaban J connectivity index is 1.23. The van der Waals surface area contributed by atoms with Gasteiger partial charge in [-0.15, -0.1) is 22.7 Å². The predicted octanol–water partition coefficient (Wildman–Crippen LogP) is 14.6. The van der Waals surface area contributed by atoms with Crippen molar-refractivity contribution >= 4 is 44.2 Å². The van der Waals surface area contributed by atoms with Crippen LogP contribution in [-0.4, -0.2) is 9.97 Å². The Morgan fingerprint density at radius 2 is 0.667 bits per heavy atom. The molecule has 0 saturated carbocycles. The molecule has 0 bridgehead atoms. The zero-order chi connectivity index (χ0) is 35.8. The first-order valence-corrected chi connectivity index (χ1v) is 19.9. The van der Waals surface area contributed by atoms with E-state index in [0.29, 0.717) is 0 Å². The fraction of sp³-hybridized carbons (Fsp3) is 0. The third-order valence-electron chi connectivity index (χ3n) is 10.3. The van der Waals surface area contributed by atoms with E-state index in [1.165, 1.54) is 77.2 Å². The number of rotatable bonds is 7. The molecule has 0 atom stereocenters. The van der Waals surface area contributed by atoms with Crippen LogP contribution < -0.4 is 0 Å². The van der Waals surface area contributed by atoms with Crippen molar-refractivity contribution in [3.8, 4) is 78.1 Å². The van der Waals surface area contributed by atoms with Gasteiger partial charge < -0.3 is 0 Å². The Hall–Kier alpha value is -6.46. The molecule has 0 aliphatic rings. The fourth-order valence-electron chi connectivity index (χ4n) is 7.69. The van der Waals surface area contributed by atoms with Crippen LogP contribution >= 0.6 is 22.7 Å². The van der Waals surface area contributed by atoms with Crippen LogP contribution in [-0.2, 0) is 0 Å². The van der Waals surface area contributed by atoms with Crippen molar-refractivity contribution in [3.05, 3.63) is 192 Å². The normalized spacial score (nSPS) is 11.3.